The molecule has 3 heteroatoms. The molecule has 0 spiro atoms. The molecule has 0 aliphatic heterocycles. The molecule has 0 aromatic carbocycles. The predicted octanol–water partition coefficient (Wildman–Crippen LogP) is 1.44. The second kappa shape index (κ2) is 5.86. The summed E-state index contributed by atoms with van der Waals surface area (Å²) in [7, 11) is 0. The minimum absolute atomic E-state index is 0.440. The van der Waals surface area contributed by atoms with Gasteiger partial charge in [0, 0.05) is 19.1 Å². The normalized spacial score (nSPS) is 12.2. The lowest BCUT2D eigenvalue weighted by Crippen LogP contribution is -2.42. The van der Waals surface area contributed by atoms with Crippen molar-refractivity contribution in [1.29, 1.82) is 0 Å². The van der Waals surface area contributed by atoms with Crippen LogP contribution < -0.4 is 5.73 Å². The van der Waals surface area contributed by atoms with Crippen LogP contribution in [0.2, 0.25) is 0 Å². The predicted molar refractivity (Wildman–Crippen MR) is 54.3 cm³/mol. The Bertz CT molecular complexity index is 141. The third-order valence-electron chi connectivity index (χ3n) is 1.76. The lowest BCUT2D eigenvalue weighted by atomic mass is 10.3. The Morgan fingerprint density at radius 3 is 2.33 bits per heavy atom. The molecule has 0 fully saturated rings. The highest BCUT2D eigenvalue weighted by Crippen LogP contribution is 1.96. The quantitative estimate of drug-likeness (QED) is 0.513. The SMILES string of the molecule is CCCN=C(N)N(CC)C(C)C. The molecule has 0 aromatic rings. The highest BCUT2D eigenvalue weighted by atomic mass is 15.3. The van der Waals surface area contributed by atoms with E-state index in [1.807, 2.05) is 0 Å². The van der Waals surface area contributed by atoms with E-state index in [-0.39, 0.29) is 0 Å². The van der Waals surface area contributed by atoms with Crippen LogP contribution in [0.25, 0.3) is 0 Å². The zero-order chi connectivity index (χ0) is 9.56. The van der Waals surface area contributed by atoms with Gasteiger partial charge in [0.2, 0.25) is 0 Å². The van der Waals surface area contributed by atoms with Gasteiger partial charge >= 0.3 is 0 Å². The fraction of sp³-hybridized carbons (Fsp3) is 0.889. The van der Waals surface area contributed by atoms with E-state index in [9.17, 15) is 0 Å². The van der Waals surface area contributed by atoms with Crippen LogP contribution in [0, 0.1) is 0 Å². The minimum Gasteiger partial charge on any atom is -0.370 e. The van der Waals surface area contributed by atoms with Crippen molar-refractivity contribution < 1.29 is 0 Å². The largest absolute Gasteiger partial charge is 0.370 e. The second-order valence-electron chi connectivity index (χ2n) is 3.12. The van der Waals surface area contributed by atoms with Crippen LogP contribution in [0.15, 0.2) is 4.99 Å². The Kier molecular flexibility index (Phi) is 5.51. The van der Waals surface area contributed by atoms with Gasteiger partial charge in [0.15, 0.2) is 5.96 Å². The Morgan fingerprint density at radius 1 is 1.42 bits per heavy atom. The number of rotatable bonds is 4. The first-order chi connectivity index (χ1) is 5.63. The van der Waals surface area contributed by atoms with Crippen LogP contribution in [0.1, 0.15) is 34.1 Å². The molecule has 0 atom stereocenters. The maximum atomic E-state index is 5.79. The van der Waals surface area contributed by atoms with Gasteiger partial charge in [-0.3, -0.25) is 4.99 Å². The molecule has 3 nitrogen and oxygen atoms in total. The van der Waals surface area contributed by atoms with Gasteiger partial charge in [-0.15, -0.1) is 0 Å². The lowest BCUT2D eigenvalue weighted by Gasteiger charge is -2.25. The molecule has 0 unspecified atom stereocenters. The molecular formula is C9H21N3. The average Bonchev–Trinajstić information content (AvgIpc) is 2.01. The van der Waals surface area contributed by atoms with Crippen molar-refractivity contribution in [2.45, 2.75) is 40.2 Å². The molecule has 0 amide bonds. The fourth-order valence-corrected chi connectivity index (χ4v) is 1.11. The van der Waals surface area contributed by atoms with Gasteiger partial charge < -0.3 is 10.6 Å². The zero-order valence-electron chi connectivity index (χ0n) is 8.67. The molecule has 72 valence electrons. The maximum Gasteiger partial charge on any atom is 0.191 e. The topological polar surface area (TPSA) is 41.6 Å². The molecule has 0 aliphatic carbocycles. The first-order valence-electron chi connectivity index (χ1n) is 4.70. The van der Waals surface area contributed by atoms with Gasteiger partial charge in [-0.05, 0) is 27.2 Å². The zero-order valence-corrected chi connectivity index (χ0v) is 8.67. The standard InChI is InChI=1S/C9H21N3/c1-5-7-11-9(10)12(6-2)8(3)4/h8H,5-7H2,1-4H3,(H2,10,11). The number of hydrogen-bond donors (Lipinski definition) is 1. The Morgan fingerprint density at radius 2 is 2.00 bits per heavy atom. The Labute approximate surface area is 75.7 Å². The number of aliphatic imine (C=N–C) groups is 1. The summed E-state index contributed by atoms with van der Waals surface area (Å²) in [5.74, 6) is 0.675. The summed E-state index contributed by atoms with van der Waals surface area (Å²) in [5.41, 5.74) is 5.79. The lowest BCUT2D eigenvalue weighted by molar-refractivity contribution is 0.361. The van der Waals surface area contributed by atoms with Gasteiger partial charge in [0.25, 0.3) is 0 Å². The minimum atomic E-state index is 0.440. The monoisotopic (exact) mass is 171 g/mol. The van der Waals surface area contributed by atoms with Gasteiger partial charge in [-0.2, -0.15) is 0 Å². The van der Waals surface area contributed by atoms with Gasteiger partial charge in [-0.25, -0.2) is 0 Å². The molecule has 0 aliphatic rings. The third kappa shape index (κ3) is 3.60. The summed E-state index contributed by atoms with van der Waals surface area (Å²) < 4.78 is 0. The first-order valence-corrected chi connectivity index (χ1v) is 4.70. The van der Waals surface area contributed by atoms with Crippen molar-refractivity contribution in [3.05, 3.63) is 0 Å². The van der Waals surface area contributed by atoms with Crippen LogP contribution in [0.4, 0.5) is 0 Å². The number of guanidine groups is 1. The molecule has 0 heterocycles. The van der Waals surface area contributed by atoms with E-state index in [1.165, 1.54) is 0 Å². The van der Waals surface area contributed by atoms with Crippen molar-refractivity contribution in [2.75, 3.05) is 13.1 Å². The Hall–Kier alpha value is -0.730. The molecule has 12 heavy (non-hydrogen) atoms. The number of nitrogens with two attached hydrogens (primary N) is 1. The molecule has 0 saturated carbocycles. The maximum absolute atomic E-state index is 5.79. The van der Waals surface area contributed by atoms with E-state index in [0.717, 1.165) is 19.5 Å². The van der Waals surface area contributed by atoms with Crippen molar-refractivity contribution in [3.63, 3.8) is 0 Å². The molecule has 2 N–H and O–H groups in total. The summed E-state index contributed by atoms with van der Waals surface area (Å²) >= 11 is 0. The van der Waals surface area contributed by atoms with Crippen LogP contribution in [-0.2, 0) is 0 Å². The van der Waals surface area contributed by atoms with E-state index >= 15 is 0 Å². The van der Waals surface area contributed by atoms with Crippen LogP contribution in [-0.4, -0.2) is 30.0 Å². The van der Waals surface area contributed by atoms with E-state index in [2.05, 4.69) is 37.6 Å². The van der Waals surface area contributed by atoms with E-state index in [1.54, 1.807) is 0 Å². The highest BCUT2D eigenvalue weighted by molar-refractivity contribution is 5.78. The van der Waals surface area contributed by atoms with E-state index in [0.29, 0.717) is 12.0 Å². The number of nitrogens with zero attached hydrogens (tertiary/aromatic N) is 2. The van der Waals surface area contributed by atoms with Gasteiger partial charge in [-0.1, -0.05) is 6.92 Å². The van der Waals surface area contributed by atoms with Crippen molar-refractivity contribution in [1.82, 2.24) is 4.90 Å². The van der Waals surface area contributed by atoms with Crippen LogP contribution in [0.5, 0.6) is 0 Å². The summed E-state index contributed by atoms with van der Waals surface area (Å²) in [6.45, 7) is 10.2. The smallest absolute Gasteiger partial charge is 0.191 e. The summed E-state index contributed by atoms with van der Waals surface area (Å²) in [5, 5.41) is 0. The second-order valence-corrected chi connectivity index (χ2v) is 3.12. The molecule has 0 aromatic heterocycles. The van der Waals surface area contributed by atoms with E-state index in [4.69, 9.17) is 5.73 Å². The fourth-order valence-electron chi connectivity index (χ4n) is 1.11. The molecule has 0 radical (unpaired) electrons. The summed E-state index contributed by atoms with van der Waals surface area (Å²) in [4.78, 5) is 6.35. The molecule has 0 rings (SSSR count). The van der Waals surface area contributed by atoms with Gasteiger partial charge in [0.05, 0.1) is 0 Å². The van der Waals surface area contributed by atoms with Crippen LogP contribution >= 0.6 is 0 Å². The average molecular weight is 171 g/mol. The molecule has 0 bridgehead atoms. The number of hydrogen-bond acceptors (Lipinski definition) is 1. The van der Waals surface area contributed by atoms with Crippen LogP contribution in [0.3, 0.4) is 0 Å². The van der Waals surface area contributed by atoms with E-state index < -0.39 is 0 Å². The summed E-state index contributed by atoms with van der Waals surface area (Å²) in [6, 6.07) is 0.440. The summed E-state index contributed by atoms with van der Waals surface area (Å²) in [6.07, 6.45) is 1.05. The molecule has 0 saturated heterocycles. The third-order valence-corrected chi connectivity index (χ3v) is 1.76. The first kappa shape index (κ1) is 11.3. The van der Waals surface area contributed by atoms with Crippen molar-refractivity contribution in [2.24, 2.45) is 10.7 Å². The van der Waals surface area contributed by atoms with Crippen molar-refractivity contribution >= 4 is 5.96 Å². The van der Waals surface area contributed by atoms with Gasteiger partial charge in [0.1, 0.15) is 0 Å². The Balaban J connectivity index is 4.10. The molecular weight excluding hydrogens is 150 g/mol. The van der Waals surface area contributed by atoms with Crippen molar-refractivity contribution in [3.8, 4) is 0 Å². The highest BCUT2D eigenvalue weighted by Gasteiger charge is 2.07.